The number of imidazole rings is 1. The highest BCUT2D eigenvalue weighted by molar-refractivity contribution is 5.73. The van der Waals surface area contributed by atoms with Gasteiger partial charge in [0.2, 0.25) is 0 Å². The van der Waals surface area contributed by atoms with Crippen molar-refractivity contribution in [3.05, 3.63) is 83.8 Å². The summed E-state index contributed by atoms with van der Waals surface area (Å²) in [7, 11) is 3.85. The molecule has 4 aromatic rings. The molecule has 5 nitrogen and oxygen atoms in total. The maximum Gasteiger partial charge on any atom is 0.155 e. The summed E-state index contributed by atoms with van der Waals surface area (Å²) in [4.78, 5) is 15.7. The molecule has 3 heterocycles. The molecule has 142 valence electrons. The van der Waals surface area contributed by atoms with Gasteiger partial charge in [0, 0.05) is 31.4 Å². The van der Waals surface area contributed by atoms with E-state index in [9.17, 15) is 0 Å². The number of aromatic nitrogens is 3. The summed E-state index contributed by atoms with van der Waals surface area (Å²) in [5.74, 6) is 7.08. The number of hydrogen-bond acceptors (Lipinski definition) is 3. The molecule has 0 amide bonds. The third kappa shape index (κ3) is 4.02. The van der Waals surface area contributed by atoms with E-state index in [-0.39, 0.29) is 0 Å². The molecular weight excluding hydrogens is 358 g/mol. The van der Waals surface area contributed by atoms with E-state index >= 15 is 0 Å². The molecule has 0 N–H and O–H groups in total. The van der Waals surface area contributed by atoms with Crippen LogP contribution in [0.2, 0.25) is 0 Å². The second-order valence-electron chi connectivity index (χ2n) is 6.86. The molecule has 0 bridgehead atoms. The monoisotopic (exact) mass is 379 g/mol. The van der Waals surface area contributed by atoms with Gasteiger partial charge in [0.1, 0.15) is 11.3 Å². The number of rotatable bonds is 3. The summed E-state index contributed by atoms with van der Waals surface area (Å²) in [6.45, 7) is 2.01. The summed E-state index contributed by atoms with van der Waals surface area (Å²) in [5.41, 5.74) is 5.39. The van der Waals surface area contributed by atoms with E-state index in [0.29, 0.717) is 11.5 Å². The molecule has 0 radical (unpaired) electrons. The fraction of sp³-hybridized carbons (Fsp3) is 0.125. The lowest BCUT2D eigenvalue weighted by Gasteiger charge is -2.07. The van der Waals surface area contributed by atoms with Crippen LogP contribution >= 0.6 is 0 Å². The van der Waals surface area contributed by atoms with Crippen LogP contribution in [0.5, 0.6) is 0 Å². The van der Waals surface area contributed by atoms with Gasteiger partial charge in [-0.15, -0.1) is 0 Å². The Morgan fingerprint density at radius 2 is 1.72 bits per heavy atom. The molecule has 0 aliphatic carbocycles. The Kier molecular flexibility index (Phi) is 5.08. The summed E-state index contributed by atoms with van der Waals surface area (Å²) in [6.07, 6.45) is 3.74. The largest absolute Gasteiger partial charge is 0.369 e. The second kappa shape index (κ2) is 7.99. The molecule has 0 spiro atoms. The molecule has 29 heavy (non-hydrogen) atoms. The van der Waals surface area contributed by atoms with Gasteiger partial charge in [-0.25, -0.2) is 15.0 Å². The summed E-state index contributed by atoms with van der Waals surface area (Å²) < 4.78 is 2.07. The highest BCUT2D eigenvalue weighted by Crippen LogP contribution is 2.28. The average Bonchev–Trinajstić information content (AvgIpc) is 3.07. The SMILES string of the molecule is Cc1nc2ccccn2c1-c1ccc(/N=C/N(C)C)nc1C#Cc1ccccc1. The van der Waals surface area contributed by atoms with E-state index in [1.54, 1.807) is 6.34 Å². The zero-order chi connectivity index (χ0) is 20.2. The molecule has 0 unspecified atom stereocenters. The third-order valence-corrected chi connectivity index (χ3v) is 4.36. The van der Waals surface area contributed by atoms with E-state index in [1.807, 2.05) is 92.8 Å². The third-order valence-electron chi connectivity index (χ3n) is 4.36. The molecule has 5 heteroatoms. The predicted octanol–water partition coefficient (Wildman–Crippen LogP) is 4.33. The lowest BCUT2D eigenvalue weighted by atomic mass is 10.1. The second-order valence-corrected chi connectivity index (χ2v) is 6.86. The van der Waals surface area contributed by atoms with Gasteiger partial charge in [-0.3, -0.25) is 4.40 Å². The maximum atomic E-state index is 4.72. The summed E-state index contributed by atoms with van der Waals surface area (Å²) >= 11 is 0. The van der Waals surface area contributed by atoms with Crippen molar-refractivity contribution in [3.63, 3.8) is 0 Å². The van der Waals surface area contributed by atoms with Crippen molar-refractivity contribution in [1.29, 1.82) is 0 Å². The van der Waals surface area contributed by atoms with Gasteiger partial charge in [0.05, 0.1) is 17.7 Å². The van der Waals surface area contributed by atoms with E-state index < -0.39 is 0 Å². The summed E-state index contributed by atoms with van der Waals surface area (Å²) in [5, 5.41) is 0. The predicted molar refractivity (Wildman–Crippen MR) is 117 cm³/mol. The van der Waals surface area contributed by atoms with Crippen molar-refractivity contribution in [1.82, 2.24) is 19.3 Å². The summed E-state index contributed by atoms with van der Waals surface area (Å²) in [6, 6.07) is 19.8. The quantitative estimate of drug-likeness (QED) is 0.302. The Morgan fingerprint density at radius 3 is 2.52 bits per heavy atom. The molecule has 0 fully saturated rings. The van der Waals surface area contributed by atoms with Crippen LogP contribution in [-0.2, 0) is 0 Å². The standard InChI is InChI=1S/C24H21N5/c1-18-24(29-16-8-7-11-23(29)26-18)20-13-15-22(25-17-28(2)3)27-21(20)14-12-19-9-5-4-6-10-19/h4-11,13,15-17H,1-3H3/b25-17+. The highest BCUT2D eigenvalue weighted by Gasteiger charge is 2.15. The van der Waals surface area contributed by atoms with Crippen LogP contribution < -0.4 is 0 Å². The Hall–Kier alpha value is -3.91. The molecule has 0 atom stereocenters. The minimum atomic E-state index is 0.617. The minimum absolute atomic E-state index is 0.617. The zero-order valence-corrected chi connectivity index (χ0v) is 16.7. The van der Waals surface area contributed by atoms with Gasteiger partial charge in [-0.05, 0) is 49.2 Å². The fourth-order valence-corrected chi connectivity index (χ4v) is 3.07. The Bertz CT molecular complexity index is 1240. The topological polar surface area (TPSA) is 45.8 Å². The molecule has 0 saturated heterocycles. The fourth-order valence-electron chi connectivity index (χ4n) is 3.07. The van der Waals surface area contributed by atoms with Crippen LogP contribution in [0, 0.1) is 18.8 Å². The molecule has 0 aliphatic rings. The lowest BCUT2D eigenvalue weighted by molar-refractivity contribution is 0.643. The van der Waals surface area contributed by atoms with Crippen LogP contribution in [0.4, 0.5) is 5.82 Å². The van der Waals surface area contributed by atoms with Crippen LogP contribution in [0.25, 0.3) is 16.9 Å². The van der Waals surface area contributed by atoms with E-state index in [0.717, 1.165) is 28.2 Å². The van der Waals surface area contributed by atoms with Crippen molar-refractivity contribution >= 4 is 17.8 Å². The number of nitrogens with zero attached hydrogens (tertiary/aromatic N) is 5. The van der Waals surface area contributed by atoms with E-state index in [2.05, 4.69) is 26.2 Å². The first kappa shape index (κ1) is 18.5. The van der Waals surface area contributed by atoms with Crippen molar-refractivity contribution in [2.75, 3.05) is 14.1 Å². The Balaban J connectivity index is 1.89. The molecule has 0 aliphatic heterocycles. The number of pyridine rings is 2. The maximum absolute atomic E-state index is 4.72. The minimum Gasteiger partial charge on any atom is -0.369 e. The van der Waals surface area contributed by atoms with Gasteiger partial charge in [0.15, 0.2) is 5.82 Å². The van der Waals surface area contributed by atoms with Crippen LogP contribution in [0.3, 0.4) is 0 Å². The first-order valence-corrected chi connectivity index (χ1v) is 9.34. The van der Waals surface area contributed by atoms with Crippen molar-refractivity contribution in [2.24, 2.45) is 4.99 Å². The molecule has 4 rings (SSSR count). The van der Waals surface area contributed by atoms with Gasteiger partial charge < -0.3 is 4.90 Å². The number of hydrogen-bond donors (Lipinski definition) is 0. The molecule has 0 saturated carbocycles. The first-order valence-electron chi connectivity index (χ1n) is 9.34. The number of aryl methyl sites for hydroxylation is 1. The van der Waals surface area contributed by atoms with Gasteiger partial charge in [-0.1, -0.05) is 30.2 Å². The molecular formula is C24H21N5. The van der Waals surface area contributed by atoms with Crippen LogP contribution in [-0.4, -0.2) is 39.7 Å². The van der Waals surface area contributed by atoms with Gasteiger partial charge in [0.25, 0.3) is 0 Å². The number of benzene rings is 1. The van der Waals surface area contributed by atoms with E-state index in [4.69, 9.17) is 4.98 Å². The average molecular weight is 379 g/mol. The smallest absolute Gasteiger partial charge is 0.155 e. The van der Waals surface area contributed by atoms with Gasteiger partial charge >= 0.3 is 0 Å². The molecule has 1 aromatic carbocycles. The first-order chi connectivity index (χ1) is 14.1. The Morgan fingerprint density at radius 1 is 0.931 bits per heavy atom. The highest BCUT2D eigenvalue weighted by atomic mass is 15.1. The van der Waals surface area contributed by atoms with E-state index in [1.165, 1.54) is 0 Å². The Labute approximate surface area is 170 Å². The number of aliphatic imine (C=N–C) groups is 1. The molecule has 3 aromatic heterocycles. The lowest BCUT2D eigenvalue weighted by Crippen LogP contribution is -2.07. The normalized spacial score (nSPS) is 10.9. The van der Waals surface area contributed by atoms with Crippen LogP contribution in [0.15, 0.2) is 71.9 Å². The van der Waals surface area contributed by atoms with Crippen LogP contribution in [0.1, 0.15) is 17.0 Å². The zero-order valence-electron chi connectivity index (χ0n) is 16.7. The number of fused-ring (bicyclic) bond motifs is 1. The van der Waals surface area contributed by atoms with Crippen molar-refractivity contribution < 1.29 is 0 Å². The van der Waals surface area contributed by atoms with Gasteiger partial charge in [-0.2, -0.15) is 0 Å². The van der Waals surface area contributed by atoms with Crippen molar-refractivity contribution in [3.8, 4) is 23.1 Å². The van der Waals surface area contributed by atoms with Crippen molar-refractivity contribution in [2.45, 2.75) is 6.92 Å².